The van der Waals surface area contributed by atoms with Crippen LogP contribution in [0.5, 0.6) is 0 Å². The van der Waals surface area contributed by atoms with Crippen LogP contribution in [0.3, 0.4) is 0 Å². The van der Waals surface area contributed by atoms with Gasteiger partial charge in [0.2, 0.25) is 5.91 Å². The van der Waals surface area contributed by atoms with Gasteiger partial charge in [-0.25, -0.2) is 0 Å². The number of rotatable bonds is 10. The number of nitrogens with two attached hydrogens (primary N) is 1. The lowest BCUT2D eigenvalue weighted by Gasteiger charge is -2.37. The molecule has 2 aliphatic heterocycles. The number of ether oxygens (including phenoxy) is 2. The Hall–Kier alpha value is -3.40. The molecule has 0 aliphatic carbocycles. The second kappa shape index (κ2) is 14.5. The third-order valence-corrected chi connectivity index (χ3v) is 8.11. The lowest BCUT2D eigenvalue weighted by atomic mass is 9.94. The number of hydrogen-bond acceptors (Lipinski definition) is 7. The van der Waals surface area contributed by atoms with Crippen LogP contribution in [0.25, 0.3) is 11.1 Å². The average molecular weight is 564 g/mol. The molecule has 2 saturated heterocycles. The van der Waals surface area contributed by atoms with Crippen molar-refractivity contribution in [3.8, 4) is 11.1 Å². The molecular formula is C32H45N5O4. The molecule has 0 atom stereocenters. The number of anilines is 1. The van der Waals surface area contributed by atoms with Crippen molar-refractivity contribution in [3.05, 3.63) is 64.4 Å². The van der Waals surface area contributed by atoms with E-state index in [1.807, 2.05) is 13.0 Å². The number of nitrogens with one attached hydrogen (secondary N) is 2. The first-order valence-corrected chi connectivity index (χ1v) is 14.7. The molecule has 222 valence electrons. The fourth-order valence-electron chi connectivity index (χ4n) is 5.66. The number of amides is 2. The highest BCUT2D eigenvalue weighted by molar-refractivity contribution is 6.00. The molecule has 9 heteroatoms. The van der Waals surface area contributed by atoms with Crippen LogP contribution in [0.2, 0.25) is 0 Å². The summed E-state index contributed by atoms with van der Waals surface area (Å²) in [7, 11) is 1.55. The molecule has 2 fully saturated rings. The summed E-state index contributed by atoms with van der Waals surface area (Å²) in [4.78, 5) is 30.7. The van der Waals surface area contributed by atoms with E-state index in [1.165, 1.54) is 5.56 Å². The van der Waals surface area contributed by atoms with Crippen molar-refractivity contribution >= 4 is 17.5 Å². The standard InChI is InChI=1S/C32H45N5O4/c1-5-37(27-10-14-40-15-11-27)30-19-26(25-8-6-24(7-9-25)21-36-12-16-41-17-13-36)18-28(22(30)2)32(39)35-20-29(23(3)33)31(38)34-4/h6-9,18-19,27H,5,10-17,20-21,33H2,1-4H3,(H,34,38)(H,35,39)/b29-23-. The molecule has 2 amide bonds. The summed E-state index contributed by atoms with van der Waals surface area (Å²) in [6, 6.07) is 13.1. The van der Waals surface area contributed by atoms with E-state index in [-0.39, 0.29) is 18.4 Å². The highest BCUT2D eigenvalue weighted by Gasteiger charge is 2.25. The Morgan fingerprint density at radius 2 is 1.68 bits per heavy atom. The third kappa shape index (κ3) is 7.67. The van der Waals surface area contributed by atoms with Gasteiger partial charge < -0.3 is 30.7 Å². The first kappa shape index (κ1) is 30.6. The smallest absolute Gasteiger partial charge is 0.251 e. The number of allylic oxidation sites excluding steroid dienone is 1. The van der Waals surface area contributed by atoms with Crippen molar-refractivity contribution in [1.29, 1.82) is 0 Å². The zero-order valence-electron chi connectivity index (χ0n) is 24.9. The molecule has 0 unspecified atom stereocenters. The third-order valence-electron chi connectivity index (χ3n) is 8.11. The Labute approximate surface area is 244 Å². The van der Waals surface area contributed by atoms with Crippen molar-refractivity contribution in [1.82, 2.24) is 15.5 Å². The summed E-state index contributed by atoms with van der Waals surface area (Å²) in [6.45, 7) is 12.5. The molecular weight excluding hydrogens is 518 g/mol. The molecule has 4 rings (SSSR count). The maximum Gasteiger partial charge on any atom is 0.251 e. The topological polar surface area (TPSA) is 109 Å². The van der Waals surface area contributed by atoms with Crippen LogP contribution in [0.4, 0.5) is 5.69 Å². The van der Waals surface area contributed by atoms with Crippen LogP contribution in [0.15, 0.2) is 47.7 Å². The number of likely N-dealkylation sites (N-methyl/N-ethyl adjacent to an activating group) is 1. The first-order valence-electron chi connectivity index (χ1n) is 14.7. The molecule has 0 bridgehead atoms. The van der Waals surface area contributed by atoms with Crippen LogP contribution in [0, 0.1) is 6.92 Å². The van der Waals surface area contributed by atoms with Gasteiger partial charge >= 0.3 is 0 Å². The average Bonchev–Trinajstić information content (AvgIpc) is 2.99. The first-order chi connectivity index (χ1) is 19.8. The zero-order chi connectivity index (χ0) is 29.4. The summed E-state index contributed by atoms with van der Waals surface area (Å²) in [5.41, 5.74) is 12.5. The van der Waals surface area contributed by atoms with E-state index in [9.17, 15) is 9.59 Å². The molecule has 4 N–H and O–H groups in total. The molecule has 9 nitrogen and oxygen atoms in total. The predicted octanol–water partition coefficient (Wildman–Crippen LogP) is 3.21. The van der Waals surface area contributed by atoms with E-state index in [4.69, 9.17) is 15.2 Å². The quantitative estimate of drug-likeness (QED) is 0.381. The van der Waals surface area contributed by atoms with Crippen LogP contribution in [-0.4, -0.2) is 82.4 Å². The molecule has 2 aliphatic rings. The van der Waals surface area contributed by atoms with Crippen LogP contribution in [-0.2, 0) is 20.8 Å². The number of hydrogen-bond donors (Lipinski definition) is 3. The Morgan fingerprint density at radius 3 is 2.29 bits per heavy atom. The van der Waals surface area contributed by atoms with E-state index < -0.39 is 0 Å². The molecule has 2 aromatic carbocycles. The minimum absolute atomic E-state index is 0.0491. The molecule has 0 spiro atoms. The minimum Gasteiger partial charge on any atom is -0.402 e. The maximum absolute atomic E-state index is 13.6. The van der Waals surface area contributed by atoms with Crippen LogP contribution in [0.1, 0.15) is 48.2 Å². The Morgan fingerprint density at radius 1 is 1.02 bits per heavy atom. The predicted molar refractivity (Wildman–Crippen MR) is 163 cm³/mol. The SMILES string of the molecule is CCN(c1cc(-c2ccc(CN3CCOCC3)cc2)cc(C(=O)NC/C(C(=O)NC)=C(\C)N)c1C)C1CCOCC1. The van der Waals surface area contributed by atoms with Gasteiger partial charge in [-0.1, -0.05) is 24.3 Å². The van der Waals surface area contributed by atoms with E-state index in [2.05, 4.69) is 57.7 Å². The van der Waals surface area contributed by atoms with Crippen molar-refractivity contribution in [2.45, 2.75) is 46.2 Å². The summed E-state index contributed by atoms with van der Waals surface area (Å²) in [5, 5.41) is 5.54. The van der Waals surface area contributed by atoms with E-state index >= 15 is 0 Å². The largest absolute Gasteiger partial charge is 0.402 e. The number of nitrogens with zero attached hydrogens (tertiary/aromatic N) is 2. The minimum atomic E-state index is -0.301. The second-order valence-electron chi connectivity index (χ2n) is 10.8. The highest BCUT2D eigenvalue weighted by atomic mass is 16.5. The molecule has 0 saturated carbocycles. The molecule has 0 aromatic heterocycles. The van der Waals surface area contributed by atoms with Crippen molar-refractivity contribution in [3.63, 3.8) is 0 Å². The van der Waals surface area contributed by atoms with Gasteiger partial charge in [0.05, 0.1) is 25.3 Å². The van der Waals surface area contributed by atoms with E-state index in [1.54, 1.807) is 14.0 Å². The fraction of sp³-hybridized carbons (Fsp3) is 0.500. The van der Waals surface area contributed by atoms with Gasteiger partial charge in [-0.05, 0) is 68.0 Å². The van der Waals surface area contributed by atoms with Gasteiger partial charge in [0.25, 0.3) is 5.91 Å². The summed E-state index contributed by atoms with van der Waals surface area (Å²) >= 11 is 0. The van der Waals surface area contributed by atoms with Gasteiger partial charge in [-0.2, -0.15) is 0 Å². The summed E-state index contributed by atoms with van der Waals surface area (Å²) in [5.74, 6) is -0.537. The zero-order valence-corrected chi connectivity index (χ0v) is 24.9. The van der Waals surface area contributed by atoms with Crippen molar-refractivity contribution < 1.29 is 19.1 Å². The van der Waals surface area contributed by atoms with Crippen LogP contribution >= 0.6 is 0 Å². The van der Waals surface area contributed by atoms with E-state index in [0.29, 0.717) is 22.9 Å². The molecule has 41 heavy (non-hydrogen) atoms. The number of carbonyl (C=O) groups is 2. The maximum atomic E-state index is 13.6. The Bertz CT molecular complexity index is 1230. The second-order valence-corrected chi connectivity index (χ2v) is 10.8. The molecule has 0 radical (unpaired) electrons. The summed E-state index contributed by atoms with van der Waals surface area (Å²) < 4.78 is 11.1. The number of benzene rings is 2. The molecule has 2 heterocycles. The van der Waals surface area contributed by atoms with E-state index in [0.717, 1.165) is 87.8 Å². The Balaban J connectivity index is 1.67. The van der Waals surface area contributed by atoms with Gasteiger partial charge in [0.1, 0.15) is 0 Å². The van der Waals surface area contributed by atoms with Crippen molar-refractivity contribution in [2.24, 2.45) is 5.73 Å². The monoisotopic (exact) mass is 563 g/mol. The van der Waals surface area contributed by atoms with Gasteiger partial charge in [0.15, 0.2) is 0 Å². The summed E-state index contributed by atoms with van der Waals surface area (Å²) in [6.07, 6.45) is 1.90. The van der Waals surface area contributed by atoms with Gasteiger partial charge in [-0.15, -0.1) is 0 Å². The lowest BCUT2D eigenvalue weighted by Crippen LogP contribution is -2.40. The normalized spacial score (nSPS) is 17.1. The lowest BCUT2D eigenvalue weighted by molar-refractivity contribution is -0.117. The van der Waals surface area contributed by atoms with Gasteiger partial charge in [-0.3, -0.25) is 14.5 Å². The highest BCUT2D eigenvalue weighted by Crippen LogP contribution is 2.34. The molecule has 2 aromatic rings. The number of carbonyl (C=O) groups excluding carboxylic acids is 2. The van der Waals surface area contributed by atoms with Gasteiger partial charge in [0, 0.05) is 69.4 Å². The number of morpholine rings is 1. The van der Waals surface area contributed by atoms with Crippen molar-refractivity contribution in [2.75, 3.05) is 64.6 Å². The fourth-order valence-corrected chi connectivity index (χ4v) is 5.66. The van der Waals surface area contributed by atoms with Crippen LogP contribution < -0.4 is 21.3 Å². The Kier molecular flexibility index (Phi) is 10.8.